The molecule has 0 saturated carbocycles. The molecule has 0 atom stereocenters. The summed E-state index contributed by atoms with van der Waals surface area (Å²) in [6, 6.07) is 83.9. The Morgan fingerprint density at radius 2 is 0.842 bits per heavy atom. The number of anilines is 3. The third kappa shape index (κ3) is 6.47. The fraction of sp³-hybridized carbons (Fsp3) is 0.0571. The smallest absolute Gasteiger partial charge is 0.256 e. The number of para-hydroxylation sites is 4. The quantitative estimate of drug-likeness (QED) is 0.161. The molecule has 2 aliphatic rings. The van der Waals surface area contributed by atoms with E-state index >= 15 is 0 Å². The lowest BCUT2D eigenvalue weighted by Gasteiger charge is -2.40. The number of benzene rings is 11. The Kier molecular flexibility index (Phi) is 9.04. The molecular weight excluding hydrogens is 928 g/mol. The van der Waals surface area contributed by atoms with E-state index in [0.29, 0.717) is 0 Å². The largest absolute Gasteiger partial charge is 0.458 e. The van der Waals surface area contributed by atoms with Gasteiger partial charge in [-0.15, -0.1) is 0 Å². The Morgan fingerprint density at radius 3 is 1.45 bits per heavy atom. The van der Waals surface area contributed by atoms with Crippen molar-refractivity contribution < 1.29 is 13.6 Å². The van der Waals surface area contributed by atoms with Crippen LogP contribution in [-0.2, 0) is 5.41 Å². The molecule has 5 nitrogen and oxygen atoms in total. The fourth-order valence-electron chi connectivity index (χ4n) is 12.5. The van der Waals surface area contributed by atoms with Gasteiger partial charge in [-0.25, -0.2) is 0 Å². The first kappa shape index (κ1) is 42.9. The van der Waals surface area contributed by atoms with Crippen LogP contribution in [0.2, 0.25) is 0 Å². The topological polar surface area (TPSA) is 43.7 Å². The van der Waals surface area contributed by atoms with Crippen molar-refractivity contribution in [1.82, 2.24) is 4.57 Å². The summed E-state index contributed by atoms with van der Waals surface area (Å²) in [4.78, 5) is 2.48. The van der Waals surface area contributed by atoms with Crippen LogP contribution < -0.4 is 26.0 Å². The molecule has 76 heavy (non-hydrogen) atoms. The van der Waals surface area contributed by atoms with Crippen LogP contribution in [0.4, 0.5) is 17.1 Å². The molecule has 11 aromatic carbocycles. The predicted molar refractivity (Wildman–Crippen MR) is 316 cm³/mol. The van der Waals surface area contributed by atoms with Gasteiger partial charge < -0.3 is 23.0 Å². The summed E-state index contributed by atoms with van der Waals surface area (Å²) >= 11 is 0. The maximum absolute atomic E-state index is 7.40. The minimum atomic E-state index is -0.128. The SMILES string of the molecule is CC(C)(C)c1ccc(-c2ccc(N3c4cc(-c5ccc6oc7ccccc7c6c5)ccc4B4c5ccc(-c6ccc7oc8ccccc8c7c6)cc5Oc5cc(-n6c7ccccc7c7ccccc76)cc3c54)cc2)cc1. The molecule has 0 amide bonds. The van der Waals surface area contributed by atoms with Gasteiger partial charge in [0.2, 0.25) is 0 Å². The van der Waals surface area contributed by atoms with Gasteiger partial charge in [0, 0.05) is 55.4 Å². The summed E-state index contributed by atoms with van der Waals surface area (Å²) in [6.45, 7) is 6.67. The number of rotatable bonds is 5. The van der Waals surface area contributed by atoms with Crippen molar-refractivity contribution >= 4 is 106 Å². The average Bonchev–Trinajstić information content (AvgIpc) is 4.19. The Hall–Kier alpha value is -9.52. The van der Waals surface area contributed by atoms with Crippen molar-refractivity contribution in [1.29, 1.82) is 0 Å². The van der Waals surface area contributed by atoms with E-state index in [1.165, 1.54) is 32.9 Å². The van der Waals surface area contributed by atoms with Crippen molar-refractivity contribution in [2.45, 2.75) is 26.2 Å². The number of fused-ring (bicyclic) bond motifs is 13. The second kappa shape index (κ2) is 16.0. The molecule has 358 valence electrons. The number of ether oxygens (including phenoxy) is 1. The third-order valence-electron chi connectivity index (χ3n) is 16.2. The van der Waals surface area contributed by atoms with Crippen LogP contribution in [0.25, 0.3) is 105 Å². The first-order chi connectivity index (χ1) is 37.3. The lowest BCUT2D eigenvalue weighted by molar-refractivity contribution is 0.487. The molecule has 0 bridgehead atoms. The number of hydrogen-bond acceptors (Lipinski definition) is 4. The normalized spacial score (nSPS) is 13.0. The van der Waals surface area contributed by atoms with Crippen LogP contribution in [0.3, 0.4) is 0 Å². The van der Waals surface area contributed by atoms with Crippen LogP contribution in [0, 0.1) is 0 Å². The van der Waals surface area contributed by atoms with Crippen molar-refractivity contribution in [3.63, 3.8) is 0 Å². The number of aromatic nitrogens is 1. The maximum atomic E-state index is 7.40. The molecule has 0 saturated heterocycles. The van der Waals surface area contributed by atoms with Gasteiger partial charge in [-0.05, 0) is 140 Å². The predicted octanol–water partition coefficient (Wildman–Crippen LogP) is 17.3. The van der Waals surface area contributed by atoms with E-state index in [4.69, 9.17) is 13.6 Å². The zero-order chi connectivity index (χ0) is 50.4. The van der Waals surface area contributed by atoms with E-state index in [1.807, 2.05) is 24.3 Å². The van der Waals surface area contributed by atoms with E-state index in [2.05, 4.69) is 236 Å². The summed E-state index contributed by atoms with van der Waals surface area (Å²) in [5, 5.41) is 6.84. The van der Waals surface area contributed by atoms with E-state index in [0.717, 1.165) is 122 Å². The molecule has 0 radical (unpaired) electrons. The Labute approximate surface area is 439 Å². The molecule has 0 aliphatic carbocycles. The minimum Gasteiger partial charge on any atom is -0.458 e. The Balaban J connectivity index is 0.930. The molecule has 2 aliphatic heterocycles. The highest BCUT2D eigenvalue weighted by Gasteiger charge is 2.43. The monoisotopic (exact) mass is 974 g/mol. The number of hydrogen-bond donors (Lipinski definition) is 0. The first-order valence-electron chi connectivity index (χ1n) is 26.2. The molecule has 14 aromatic rings. The second-order valence-electron chi connectivity index (χ2n) is 21.6. The van der Waals surface area contributed by atoms with Gasteiger partial charge in [-0.2, -0.15) is 0 Å². The number of furan rings is 2. The highest BCUT2D eigenvalue weighted by Crippen LogP contribution is 2.46. The highest BCUT2D eigenvalue weighted by molar-refractivity contribution is 6.99. The molecular formula is C70H47BN2O3. The zero-order valence-electron chi connectivity index (χ0n) is 42.1. The molecule has 0 N–H and O–H groups in total. The van der Waals surface area contributed by atoms with Crippen molar-refractivity contribution in [3.8, 4) is 50.6 Å². The fourth-order valence-corrected chi connectivity index (χ4v) is 12.5. The van der Waals surface area contributed by atoms with Crippen LogP contribution in [0.15, 0.2) is 239 Å². The zero-order valence-corrected chi connectivity index (χ0v) is 42.1. The highest BCUT2D eigenvalue weighted by atomic mass is 16.5. The first-order valence-corrected chi connectivity index (χ1v) is 26.2. The van der Waals surface area contributed by atoms with Gasteiger partial charge in [0.25, 0.3) is 6.71 Å². The molecule has 6 heteroatoms. The molecule has 0 unspecified atom stereocenters. The Morgan fingerprint density at radius 1 is 0.355 bits per heavy atom. The molecule has 16 rings (SSSR count). The van der Waals surface area contributed by atoms with Crippen LogP contribution in [0.1, 0.15) is 26.3 Å². The second-order valence-corrected chi connectivity index (χ2v) is 21.6. The van der Waals surface area contributed by atoms with Crippen molar-refractivity contribution in [2.75, 3.05) is 4.90 Å². The third-order valence-corrected chi connectivity index (χ3v) is 16.2. The molecule has 0 spiro atoms. The van der Waals surface area contributed by atoms with Gasteiger partial charge in [0.05, 0.1) is 16.7 Å². The van der Waals surface area contributed by atoms with Gasteiger partial charge in [0.1, 0.15) is 33.8 Å². The standard InChI is InChI=1S/C70H47BN2O3/c1-70(2,3)48-28-20-42(21-29-48)43-22-30-49(31-23-43)72-61-38-46(44-26-34-65-55(36-44)53-14-6-10-18-63(53)74-65)24-32-57(61)71-58-33-25-47(45-27-35-66-56(37-45)54-15-7-11-19-64(54)75-66)39-67(58)76-68-41-50(40-62(72)69(68)71)73-59-16-8-4-12-51(59)52-13-5-9-17-60(52)73/h4-41H,1-3H3. The molecule has 0 fully saturated rings. The van der Waals surface area contributed by atoms with Crippen LogP contribution in [-0.4, -0.2) is 11.3 Å². The average molecular weight is 975 g/mol. The summed E-state index contributed by atoms with van der Waals surface area (Å²) in [5.41, 5.74) is 21.8. The van der Waals surface area contributed by atoms with E-state index in [-0.39, 0.29) is 12.1 Å². The molecule has 3 aromatic heterocycles. The van der Waals surface area contributed by atoms with Crippen LogP contribution in [0.5, 0.6) is 11.5 Å². The molecule has 5 heterocycles. The van der Waals surface area contributed by atoms with Gasteiger partial charge >= 0.3 is 0 Å². The lowest BCUT2D eigenvalue weighted by atomic mass is 9.34. The van der Waals surface area contributed by atoms with Crippen molar-refractivity contribution in [2.24, 2.45) is 0 Å². The van der Waals surface area contributed by atoms with E-state index in [1.54, 1.807) is 0 Å². The van der Waals surface area contributed by atoms with E-state index < -0.39 is 0 Å². The Bertz CT molecular complexity index is 4670. The summed E-state index contributed by atoms with van der Waals surface area (Å²) < 4.78 is 22.4. The number of nitrogens with zero attached hydrogens (tertiary/aromatic N) is 2. The van der Waals surface area contributed by atoms with Crippen molar-refractivity contribution in [3.05, 3.63) is 236 Å². The maximum Gasteiger partial charge on any atom is 0.256 e. The summed E-state index contributed by atoms with van der Waals surface area (Å²) in [5.74, 6) is 1.69. The van der Waals surface area contributed by atoms with Gasteiger partial charge in [-0.1, -0.05) is 166 Å². The van der Waals surface area contributed by atoms with Gasteiger partial charge in [-0.3, -0.25) is 0 Å². The lowest BCUT2D eigenvalue weighted by Crippen LogP contribution is -2.59. The minimum absolute atomic E-state index is 0.0729. The van der Waals surface area contributed by atoms with E-state index in [9.17, 15) is 0 Å². The van der Waals surface area contributed by atoms with Crippen LogP contribution >= 0.6 is 0 Å². The summed E-state index contributed by atoms with van der Waals surface area (Å²) in [6.07, 6.45) is 0. The van der Waals surface area contributed by atoms with Gasteiger partial charge in [0.15, 0.2) is 0 Å². The summed E-state index contributed by atoms with van der Waals surface area (Å²) in [7, 11) is 0.